The highest BCUT2D eigenvalue weighted by atomic mass is 35.5. The van der Waals surface area contributed by atoms with Crippen LogP contribution in [0.5, 0.6) is 0 Å². The number of thiazole rings is 1. The van der Waals surface area contributed by atoms with E-state index >= 15 is 0 Å². The molecule has 0 radical (unpaired) electrons. The Morgan fingerprint density at radius 1 is 1.32 bits per heavy atom. The maximum absolute atomic E-state index is 12.9. The van der Waals surface area contributed by atoms with Crippen molar-refractivity contribution in [2.24, 2.45) is 0 Å². The van der Waals surface area contributed by atoms with Crippen LogP contribution in [0.1, 0.15) is 10.6 Å². The molecule has 0 amide bonds. The van der Waals surface area contributed by atoms with Gasteiger partial charge < -0.3 is 5.32 Å². The molecular weight excluding hydrogens is 297 g/mol. The van der Waals surface area contributed by atoms with E-state index in [1.54, 1.807) is 31.3 Å². The second-order valence-electron chi connectivity index (χ2n) is 3.80. The fourth-order valence-corrected chi connectivity index (χ4v) is 3.02. The molecule has 0 atom stereocenters. The van der Waals surface area contributed by atoms with Crippen LogP contribution in [-0.4, -0.2) is 12.0 Å². The van der Waals surface area contributed by atoms with E-state index in [2.05, 4.69) is 10.3 Å². The predicted molar refractivity (Wildman–Crippen MR) is 70.3 cm³/mol. The van der Waals surface area contributed by atoms with E-state index in [0.29, 0.717) is 10.6 Å². The van der Waals surface area contributed by atoms with Crippen molar-refractivity contribution in [2.75, 3.05) is 7.05 Å². The van der Waals surface area contributed by atoms with Gasteiger partial charge in [0, 0.05) is 12.1 Å². The number of hydrogen-bond donors (Lipinski definition) is 1. The van der Waals surface area contributed by atoms with E-state index in [0.717, 1.165) is 11.3 Å². The molecule has 19 heavy (non-hydrogen) atoms. The standard InChI is InChI=1S/C12H10ClF3N2S/c1-17-6-9-10(12(14,15)16)18-11(19-9)7-4-2-3-5-8(7)13/h2-5,17H,6H2,1H3. The summed E-state index contributed by atoms with van der Waals surface area (Å²) in [5.41, 5.74) is -0.330. The molecule has 0 saturated carbocycles. The van der Waals surface area contributed by atoms with Crippen LogP contribution in [0, 0.1) is 0 Å². The van der Waals surface area contributed by atoms with Gasteiger partial charge in [-0.15, -0.1) is 11.3 Å². The number of nitrogens with zero attached hydrogens (tertiary/aromatic N) is 1. The zero-order valence-corrected chi connectivity index (χ0v) is 11.5. The maximum atomic E-state index is 12.9. The maximum Gasteiger partial charge on any atom is 0.434 e. The zero-order chi connectivity index (χ0) is 14.0. The molecule has 0 aliphatic carbocycles. The highest BCUT2D eigenvalue weighted by Crippen LogP contribution is 2.39. The molecule has 1 aromatic heterocycles. The molecule has 7 heteroatoms. The van der Waals surface area contributed by atoms with Gasteiger partial charge in [-0.2, -0.15) is 13.2 Å². The summed E-state index contributed by atoms with van der Waals surface area (Å²) < 4.78 is 38.7. The summed E-state index contributed by atoms with van der Waals surface area (Å²) in [6.45, 7) is 0.122. The summed E-state index contributed by atoms with van der Waals surface area (Å²) in [5.74, 6) is 0. The largest absolute Gasteiger partial charge is 0.434 e. The van der Waals surface area contributed by atoms with Crippen LogP contribution in [0.15, 0.2) is 24.3 Å². The SMILES string of the molecule is CNCc1sc(-c2ccccc2Cl)nc1C(F)(F)F. The van der Waals surface area contributed by atoms with E-state index in [4.69, 9.17) is 11.6 Å². The van der Waals surface area contributed by atoms with E-state index in [1.165, 1.54) is 0 Å². The van der Waals surface area contributed by atoms with E-state index in [9.17, 15) is 13.2 Å². The molecular formula is C12H10ClF3N2S. The average Bonchev–Trinajstić information content (AvgIpc) is 2.74. The van der Waals surface area contributed by atoms with Gasteiger partial charge in [-0.1, -0.05) is 29.8 Å². The number of aromatic nitrogens is 1. The first-order valence-electron chi connectivity index (χ1n) is 5.40. The lowest BCUT2D eigenvalue weighted by molar-refractivity contribution is -0.141. The molecule has 0 aliphatic heterocycles. The fraction of sp³-hybridized carbons (Fsp3) is 0.250. The normalized spacial score (nSPS) is 11.8. The second kappa shape index (κ2) is 5.48. The van der Waals surface area contributed by atoms with Gasteiger partial charge in [-0.25, -0.2) is 4.98 Å². The van der Waals surface area contributed by atoms with Crippen LogP contribution in [0.3, 0.4) is 0 Å². The van der Waals surface area contributed by atoms with Crippen LogP contribution < -0.4 is 5.32 Å². The molecule has 1 aromatic carbocycles. The van der Waals surface area contributed by atoms with Crippen molar-refractivity contribution in [2.45, 2.75) is 12.7 Å². The van der Waals surface area contributed by atoms with Gasteiger partial charge in [0.25, 0.3) is 0 Å². The minimum absolute atomic E-state index is 0.122. The molecule has 1 N–H and O–H groups in total. The molecule has 0 fully saturated rings. The van der Waals surface area contributed by atoms with Crippen LogP contribution in [0.2, 0.25) is 5.02 Å². The molecule has 102 valence electrons. The van der Waals surface area contributed by atoms with Crippen LogP contribution >= 0.6 is 22.9 Å². The number of halogens is 4. The first kappa shape index (κ1) is 14.3. The minimum atomic E-state index is -4.46. The molecule has 2 rings (SSSR count). The van der Waals surface area contributed by atoms with Crippen LogP contribution in [0.25, 0.3) is 10.6 Å². The first-order valence-corrected chi connectivity index (χ1v) is 6.59. The van der Waals surface area contributed by atoms with Crippen molar-refractivity contribution in [3.05, 3.63) is 39.9 Å². The van der Waals surface area contributed by atoms with Gasteiger partial charge in [-0.3, -0.25) is 0 Å². The van der Waals surface area contributed by atoms with E-state index < -0.39 is 11.9 Å². The Kier molecular flexibility index (Phi) is 4.13. The Hall–Kier alpha value is -1.11. The summed E-state index contributed by atoms with van der Waals surface area (Å²) >= 11 is 6.98. The summed E-state index contributed by atoms with van der Waals surface area (Å²) in [4.78, 5) is 3.86. The number of rotatable bonds is 3. The molecule has 2 nitrogen and oxygen atoms in total. The Morgan fingerprint density at radius 2 is 2.00 bits per heavy atom. The number of hydrogen-bond acceptors (Lipinski definition) is 3. The molecule has 0 spiro atoms. The van der Waals surface area contributed by atoms with Crippen molar-refractivity contribution in [3.8, 4) is 10.6 Å². The molecule has 1 heterocycles. The van der Waals surface area contributed by atoms with Gasteiger partial charge in [0.15, 0.2) is 5.69 Å². The highest BCUT2D eigenvalue weighted by Gasteiger charge is 2.37. The topological polar surface area (TPSA) is 24.9 Å². The third kappa shape index (κ3) is 3.08. The summed E-state index contributed by atoms with van der Waals surface area (Å²) in [6, 6.07) is 6.72. The predicted octanol–water partition coefficient (Wildman–Crippen LogP) is 4.20. The number of alkyl halides is 3. The lowest BCUT2D eigenvalue weighted by Crippen LogP contribution is -2.12. The summed E-state index contributed by atoms with van der Waals surface area (Å²) in [7, 11) is 1.59. The molecule has 0 unspecified atom stereocenters. The molecule has 0 saturated heterocycles. The quantitative estimate of drug-likeness (QED) is 0.919. The van der Waals surface area contributed by atoms with Crippen molar-refractivity contribution in [3.63, 3.8) is 0 Å². The Balaban J connectivity index is 2.52. The lowest BCUT2D eigenvalue weighted by atomic mass is 10.2. The molecule has 0 bridgehead atoms. The average molecular weight is 307 g/mol. The number of benzene rings is 1. The van der Waals surface area contributed by atoms with E-state index in [-0.39, 0.29) is 16.4 Å². The fourth-order valence-electron chi connectivity index (χ4n) is 1.60. The second-order valence-corrected chi connectivity index (χ2v) is 5.29. The molecule has 2 aromatic rings. The summed E-state index contributed by atoms with van der Waals surface area (Å²) in [5, 5.41) is 3.38. The Labute approximate surface area is 117 Å². The van der Waals surface area contributed by atoms with Gasteiger partial charge in [0.1, 0.15) is 5.01 Å². The van der Waals surface area contributed by atoms with Crippen LogP contribution in [0.4, 0.5) is 13.2 Å². The van der Waals surface area contributed by atoms with Crippen molar-refractivity contribution >= 4 is 22.9 Å². The van der Waals surface area contributed by atoms with Gasteiger partial charge in [0.2, 0.25) is 0 Å². The van der Waals surface area contributed by atoms with Crippen molar-refractivity contribution in [1.29, 1.82) is 0 Å². The number of nitrogens with one attached hydrogen (secondary N) is 1. The minimum Gasteiger partial charge on any atom is -0.315 e. The third-order valence-corrected chi connectivity index (χ3v) is 3.83. The lowest BCUT2D eigenvalue weighted by Gasteiger charge is -2.04. The highest BCUT2D eigenvalue weighted by molar-refractivity contribution is 7.15. The van der Waals surface area contributed by atoms with E-state index in [1.807, 2.05) is 0 Å². The zero-order valence-electron chi connectivity index (χ0n) is 9.88. The third-order valence-electron chi connectivity index (χ3n) is 2.41. The Bertz CT molecular complexity index is 581. The molecule has 0 aliphatic rings. The van der Waals surface area contributed by atoms with Crippen molar-refractivity contribution in [1.82, 2.24) is 10.3 Å². The summed E-state index contributed by atoms with van der Waals surface area (Å²) in [6.07, 6.45) is -4.46. The van der Waals surface area contributed by atoms with Gasteiger partial charge >= 0.3 is 6.18 Å². The monoisotopic (exact) mass is 306 g/mol. The van der Waals surface area contributed by atoms with Gasteiger partial charge in [-0.05, 0) is 13.1 Å². The van der Waals surface area contributed by atoms with Gasteiger partial charge in [0.05, 0.1) is 9.90 Å². The van der Waals surface area contributed by atoms with Crippen LogP contribution in [-0.2, 0) is 12.7 Å². The first-order chi connectivity index (χ1) is 8.93. The Morgan fingerprint density at radius 3 is 2.58 bits per heavy atom. The smallest absolute Gasteiger partial charge is 0.315 e. The van der Waals surface area contributed by atoms with Crippen molar-refractivity contribution < 1.29 is 13.2 Å².